The van der Waals surface area contributed by atoms with Gasteiger partial charge in [-0.25, -0.2) is 0 Å². The van der Waals surface area contributed by atoms with E-state index >= 15 is 0 Å². The van der Waals surface area contributed by atoms with Crippen LogP contribution in [0.25, 0.3) is 0 Å². The Bertz CT molecular complexity index is 415. The fourth-order valence-electron chi connectivity index (χ4n) is 2.91. The van der Waals surface area contributed by atoms with Gasteiger partial charge in [-0.15, -0.1) is 0 Å². The third-order valence-corrected chi connectivity index (χ3v) is 4.36. The standard InChI is InChI=1S/C17H27NO3/c1-4-18(12-16-6-5-11-21-16)13(2)17(19)14-7-9-15(20-3)10-8-14/h7-10,13,16-17,19H,4-6,11-12H2,1-3H3. The van der Waals surface area contributed by atoms with E-state index in [-0.39, 0.29) is 6.04 Å². The molecule has 0 aromatic heterocycles. The monoisotopic (exact) mass is 293 g/mol. The topological polar surface area (TPSA) is 41.9 Å². The molecule has 1 heterocycles. The zero-order valence-corrected chi connectivity index (χ0v) is 13.3. The van der Waals surface area contributed by atoms with Crippen LogP contribution >= 0.6 is 0 Å². The highest BCUT2D eigenvalue weighted by molar-refractivity contribution is 5.29. The molecule has 1 aromatic carbocycles. The molecule has 1 saturated heterocycles. The first-order valence-electron chi connectivity index (χ1n) is 7.83. The molecule has 118 valence electrons. The molecule has 3 atom stereocenters. The van der Waals surface area contributed by atoms with Crippen molar-refractivity contribution in [3.05, 3.63) is 29.8 Å². The fraction of sp³-hybridized carbons (Fsp3) is 0.647. The Kier molecular flexibility index (Phi) is 6.03. The van der Waals surface area contributed by atoms with Crippen LogP contribution in [0.3, 0.4) is 0 Å². The van der Waals surface area contributed by atoms with Crippen LogP contribution in [0.1, 0.15) is 38.4 Å². The van der Waals surface area contributed by atoms with Gasteiger partial charge in [0.15, 0.2) is 0 Å². The van der Waals surface area contributed by atoms with Gasteiger partial charge in [-0.3, -0.25) is 4.90 Å². The van der Waals surface area contributed by atoms with Crippen molar-refractivity contribution >= 4 is 0 Å². The maximum Gasteiger partial charge on any atom is 0.118 e. The summed E-state index contributed by atoms with van der Waals surface area (Å²) in [4.78, 5) is 2.30. The summed E-state index contributed by atoms with van der Waals surface area (Å²) in [6.07, 6.45) is 2.09. The summed E-state index contributed by atoms with van der Waals surface area (Å²) < 4.78 is 10.9. The molecule has 0 saturated carbocycles. The van der Waals surface area contributed by atoms with Crippen LogP contribution in [0, 0.1) is 0 Å². The lowest BCUT2D eigenvalue weighted by atomic mass is 10.0. The van der Waals surface area contributed by atoms with Gasteiger partial charge in [0.2, 0.25) is 0 Å². The number of ether oxygens (including phenoxy) is 2. The number of hydrogen-bond donors (Lipinski definition) is 1. The minimum atomic E-state index is -0.503. The zero-order valence-electron chi connectivity index (χ0n) is 13.3. The molecular formula is C17H27NO3. The fourth-order valence-corrected chi connectivity index (χ4v) is 2.91. The second kappa shape index (κ2) is 7.78. The summed E-state index contributed by atoms with van der Waals surface area (Å²) in [7, 11) is 1.65. The van der Waals surface area contributed by atoms with Crippen LogP contribution in [-0.4, -0.2) is 49.0 Å². The van der Waals surface area contributed by atoms with Crippen LogP contribution in [0.15, 0.2) is 24.3 Å². The molecule has 0 spiro atoms. The average molecular weight is 293 g/mol. The third-order valence-electron chi connectivity index (χ3n) is 4.36. The number of aliphatic hydroxyl groups is 1. The molecule has 0 bridgehead atoms. The number of methoxy groups -OCH3 is 1. The first kappa shape index (κ1) is 16.3. The minimum Gasteiger partial charge on any atom is -0.497 e. The number of aliphatic hydroxyl groups excluding tert-OH is 1. The number of nitrogens with zero attached hydrogens (tertiary/aromatic N) is 1. The van der Waals surface area contributed by atoms with E-state index in [0.29, 0.717) is 6.10 Å². The van der Waals surface area contributed by atoms with Crippen LogP contribution in [0.2, 0.25) is 0 Å². The van der Waals surface area contributed by atoms with E-state index in [1.54, 1.807) is 7.11 Å². The summed E-state index contributed by atoms with van der Waals surface area (Å²) in [6.45, 7) is 6.89. The van der Waals surface area contributed by atoms with Gasteiger partial charge in [-0.2, -0.15) is 0 Å². The maximum atomic E-state index is 10.6. The van der Waals surface area contributed by atoms with Crippen LogP contribution in [-0.2, 0) is 4.74 Å². The Labute approximate surface area is 127 Å². The second-order valence-electron chi connectivity index (χ2n) is 5.68. The van der Waals surface area contributed by atoms with Crippen molar-refractivity contribution in [1.29, 1.82) is 0 Å². The molecule has 3 unspecified atom stereocenters. The molecule has 1 aliphatic heterocycles. The van der Waals surface area contributed by atoms with E-state index in [0.717, 1.165) is 43.9 Å². The van der Waals surface area contributed by atoms with Gasteiger partial charge in [-0.05, 0) is 44.0 Å². The SMILES string of the molecule is CCN(CC1CCCO1)C(C)C(O)c1ccc(OC)cc1. The summed E-state index contributed by atoms with van der Waals surface area (Å²) in [5.41, 5.74) is 0.925. The highest BCUT2D eigenvalue weighted by Crippen LogP contribution is 2.24. The van der Waals surface area contributed by atoms with Crippen LogP contribution < -0.4 is 4.74 Å². The number of hydrogen-bond acceptors (Lipinski definition) is 4. The lowest BCUT2D eigenvalue weighted by Gasteiger charge is -2.33. The maximum absolute atomic E-state index is 10.6. The van der Waals surface area contributed by atoms with Crippen molar-refractivity contribution < 1.29 is 14.6 Å². The second-order valence-corrected chi connectivity index (χ2v) is 5.68. The van der Waals surface area contributed by atoms with Crippen molar-refractivity contribution in [2.24, 2.45) is 0 Å². The highest BCUT2D eigenvalue weighted by atomic mass is 16.5. The predicted molar refractivity (Wildman–Crippen MR) is 83.6 cm³/mol. The molecule has 0 aliphatic carbocycles. The molecule has 1 aliphatic rings. The van der Waals surface area contributed by atoms with Gasteiger partial charge >= 0.3 is 0 Å². The number of rotatable bonds is 7. The lowest BCUT2D eigenvalue weighted by Crippen LogP contribution is -2.41. The first-order valence-corrected chi connectivity index (χ1v) is 7.83. The minimum absolute atomic E-state index is 0.0626. The van der Waals surface area contributed by atoms with Crippen molar-refractivity contribution in [2.45, 2.75) is 44.9 Å². The third kappa shape index (κ3) is 4.19. The van der Waals surface area contributed by atoms with Crippen molar-refractivity contribution in [3.8, 4) is 5.75 Å². The molecular weight excluding hydrogens is 266 g/mol. The van der Waals surface area contributed by atoms with E-state index in [1.165, 1.54) is 0 Å². The molecule has 4 heteroatoms. The predicted octanol–water partition coefficient (Wildman–Crippen LogP) is 2.62. The van der Waals surface area contributed by atoms with Crippen molar-refractivity contribution in [2.75, 3.05) is 26.8 Å². The Morgan fingerprint density at radius 3 is 2.62 bits per heavy atom. The molecule has 1 N–H and O–H groups in total. The van der Waals surface area contributed by atoms with Gasteiger partial charge in [0.05, 0.1) is 19.3 Å². The average Bonchev–Trinajstić information content (AvgIpc) is 3.04. The smallest absolute Gasteiger partial charge is 0.118 e. The van der Waals surface area contributed by atoms with Gasteiger partial charge in [0, 0.05) is 19.2 Å². The zero-order chi connectivity index (χ0) is 15.2. The number of likely N-dealkylation sites (N-methyl/N-ethyl adjacent to an activating group) is 1. The molecule has 0 radical (unpaired) electrons. The van der Waals surface area contributed by atoms with E-state index in [4.69, 9.17) is 9.47 Å². The van der Waals surface area contributed by atoms with Crippen molar-refractivity contribution in [3.63, 3.8) is 0 Å². The highest BCUT2D eigenvalue weighted by Gasteiger charge is 2.26. The van der Waals surface area contributed by atoms with Crippen LogP contribution in [0.4, 0.5) is 0 Å². The molecule has 21 heavy (non-hydrogen) atoms. The summed E-state index contributed by atoms with van der Waals surface area (Å²) >= 11 is 0. The molecule has 0 amide bonds. The Hall–Kier alpha value is -1.10. The number of benzene rings is 1. The summed E-state index contributed by atoms with van der Waals surface area (Å²) in [6, 6.07) is 7.70. The van der Waals surface area contributed by atoms with Gasteiger partial charge < -0.3 is 14.6 Å². The van der Waals surface area contributed by atoms with Gasteiger partial charge in [0.25, 0.3) is 0 Å². The molecule has 1 aromatic rings. The lowest BCUT2D eigenvalue weighted by molar-refractivity contribution is 0.0189. The largest absolute Gasteiger partial charge is 0.497 e. The van der Waals surface area contributed by atoms with Crippen LogP contribution in [0.5, 0.6) is 5.75 Å². The Morgan fingerprint density at radius 2 is 2.10 bits per heavy atom. The summed E-state index contributed by atoms with van der Waals surface area (Å²) in [5, 5.41) is 10.6. The molecule has 4 nitrogen and oxygen atoms in total. The van der Waals surface area contributed by atoms with E-state index < -0.39 is 6.10 Å². The van der Waals surface area contributed by atoms with Crippen molar-refractivity contribution in [1.82, 2.24) is 4.90 Å². The first-order chi connectivity index (χ1) is 10.2. The quantitative estimate of drug-likeness (QED) is 0.839. The van der Waals surface area contributed by atoms with E-state index in [1.807, 2.05) is 24.3 Å². The molecule has 1 fully saturated rings. The normalized spacial score (nSPS) is 21.5. The van der Waals surface area contributed by atoms with Gasteiger partial charge in [-0.1, -0.05) is 19.1 Å². The Balaban J connectivity index is 1.98. The van der Waals surface area contributed by atoms with E-state index in [9.17, 15) is 5.11 Å². The Morgan fingerprint density at radius 1 is 1.38 bits per heavy atom. The molecule has 2 rings (SSSR count). The summed E-state index contributed by atoms with van der Waals surface area (Å²) in [5.74, 6) is 0.810. The van der Waals surface area contributed by atoms with E-state index in [2.05, 4.69) is 18.7 Å². The van der Waals surface area contributed by atoms with Gasteiger partial charge in [0.1, 0.15) is 5.75 Å².